The highest BCUT2D eigenvalue weighted by Gasteiger charge is 2.35. The number of carbonyl (C=O) groups excluding carboxylic acids is 2. The standard InChI is InChI=1S/C16H22N2O6S/c1-3-24-16(20)15(19)17-11-12-5-4-10-18(12)25(21,22)14-8-6-13(23-2)7-9-14/h6-9,12H,3-5,10-11H2,1-2H3,(H,17,19). The Bertz CT molecular complexity index is 717. The van der Waals surface area contributed by atoms with E-state index in [0.29, 0.717) is 25.1 Å². The zero-order valence-electron chi connectivity index (χ0n) is 14.2. The average molecular weight is 370 g/mol. The minimum absolute atomic E-state index is 0.0625. The van der Waals surface area contributed by atoms with Crippen molar-refractivity contribution in [3.05, 3.63) is 24.3 Å². The van der Waals surface area contributed by atoms with Crippen LogP contribution < -0.4 is 10.1 Å². The van der Waals surface area contributed by atoms with Crippen LogP contribution in [0.2, 0.25) is 0 Å². The number of nitrogens with one attached hydrogen (secondary N) is 1. The number of nitrogens with zero attached hydrogens (tertiary/aromatic N) is 1. The van der Waals surface area contributed by atoms with E-state index in [1.54, 1.807) is 19.1 Å². The Morgan fingerprint density at radius 1 is 1.28 bits per heavy atom. The number of methoxy groups -OCH3 is 1. The number of carbonyl (C=O) groups is 2. The molecule has 1 unspecified atom stereocenters. The monoisotopic (exact) mass is 370 g/mol. The second kappa shape index (κ2) is 8.30. The number of hydrogen-bond donors (Lipinski definition) is 1. The van der Waals surface area contributed by atoms with Crippen molar-refractivity contribution in [1.82, 2.24) is 9.62 Å². The molecular weight excluding hydrogens is 348 g/mol. The molecule has 138 valence electrons. The molecule has 0 saturated carbocycles. The molecule has 1 amide bonds. The molecule has 2 rings (SSSR count). The summed E-state index contributed by atoms with van der Waals surface area (Å²) in [6.45, 7) is 2.14. The molecule has 1 saturated heterocycles. The van der Waals surface area contributed by atoms with Crippen LogP contribution in [0.1, 0.15) is 19.8 Å². The summed E-state index contributed by atoms with van der Waals surface area (Å²) in [5.41, 5.74) is 0. The first kappa shape index (κ1) is 19.2. The van der Waals surface area contributed by atoms with Gasteiger partial charge in [0.2, 0.25) is 10.0 Å². The number of amides is 1. The first-order valence-corrected chi connectivity index (χ1v) is 9.45. The first-order valence-electron chi connectivity index (χ1n) is 8.01. The van der Waals surface area contributed by atoms with Crippen molar-refractivity contribution < 1.29 is 27.5 Å². The Morgan fingerprint density at radius 2 is 1.96 bits per heavy atom. The lowest BCUT2D eigenvalue weighted by molar-refractivity contribution is -0.154. The van der Waals surface area contributed by atoms with Crippen LogP contribution in [0.25, 0.3) is 0 Å². The summed E-state index contributed by atoms with van der Waals surface area (Å²) in [6.07, 6.45) is 1.30. The van der Waals surface area contributed by atoms with Gasteiger partial charge in [-0.2, -0.15) is 4.31 Å². The quantitative estimate of drug-likeness (QED) is 0.579. The van der Waals surface area contributed by atoms with E-state index in [-0.39, 0.29) is 18.0 Å². The van der Waals surface area contributed by atoms with Crippen LogP contribution in [-0.4, -0.2) is 57.4 Å². The van der Waals surface area contributed by atoms with Crippen molar-refractivity contribution in [2.45, 2.75) is 30.7 Å². The molecule has 25 heavy (non-hydrogen) atoms. The fourth-order valence-corrected chi connectivity index (χ4v) is 4.38. The third kappa shape index (κ3) is 4.49. The van der Waals surface area contributed by atoms with E-state index in [1.165, 1.54) is 23.5 Å². The zero-order valence-corrected chi connectivity index (χ0v) is 15.0. The molecule has 1 atom stereocenters. The minimum Gasteiger partial charge on any atom is -0.497 e. The van der Waals surface area contributed by atoms with Crippen molar-refractivity contribution in [3.63, 3.8) is 0 Å². The molecule has 1 aromatic carbocycles. The summed E-state index contributed by atoms with van der Waals surface area (Å²) >= 11 is 0. The molecular formula is C16H22N2O6S. The number of hydrogen-bond acceptors (Lipinski definition) is 6. The first-order chi connectivity index (χ1) is 11.9. The lowest BCUT2D eigenvalue weighted by atomic mass is 10.2. The molecule has 1 aliphatic rings. The van der Waals surface area contributed by atoms with E-state index in [1.807, 2.05) is 0 Å². The minimum atomic E-state index is -3.68. The fraction of sp³-hybridized carbons (Fsp3) is 0.500. The fourth-order valence-electron chi connectivity index (χ4n) is 2.69. The molecule has 9 heteroatoms. The van der Waals surface area contributed by atoms with Gasteiger partial charge in [-0.15, -0.1) is 0 Å². The smallest absolute Gasteiger partial charge is 0.396 e. The van der Waals surface area contributed by atoms with Gasteiger partial charge in [0, 0.05) is 19.1 Å². The molecule has 1 aromatic rings. The third-order valence-electron chi connectivity index (χ3n) is 3.95. The topological polar surface area (TPSA) is 102 Å². The van der Waals surface area contributed by atoms with E-state index in [0.717, 1.165) is 0 Å². The summed E-state index contributed by atoms with van der Waals surface area (Å²) in [4.78, 5) is 23.1. The summed E-state index contributed by atoms with van der Waals surface area (Å²) in [5.74, 6) is -1.26. The van der Waals surface area contributed by atoms with Crippen LogP contribution in [0.4, 0.5) is 0 Å². The number of esters is 1. The highest BCUT2D eigenvalue weighted by molar-refractivity contribution is 7.89. The third-order valence-corrected chi connectivity index (χ3v) is 5.91. The summed E-state index contributed by atoms with van der Waals surface area (Å²) in [7, 11) is -2.17. The Balaban J connectivity index is 2.06. The molecule has 0 aliphatic carbocycles. The van der Waals surface area contributed by atoms with Gasteiger partial charge in [-0.1, -0.05) is 0 Å². The highest BCUT2D eigenvalue weighted by Crippen LogP contribution is 2.26. The molecule has 0 aromatic heterocycles. The molecule has 1 N–H and O–H groups in total. The Labute approximate surface area is 147 Å². The zero-order chi connectivity index (χ0) is 18.4. The SMILES string of the molecule is CCOC(=O)C(=O)NCC1CCCN1S(=O)(=O)c1ccc(OC)cc1. The van der Waals surface area contributed by atoms with Crippen LogP contribution in [0.15, 0.2) is 29.2 Å². The molecule has 0 spiro atoms. The Hall–Kier alpha value is -2.13. The van der Waals surface area contributed by atoms with Crippen molar-refractivity contribution in [1.29, 1.82) is 0 Å². The summed E-state index contributed by atoms with van der Waals surface area (Å²) in [5, 5.41) is 2.44. The van der Waals surface area contributed by atoms with Gasteiger partial charge in [0.15, 0.2) is 0 Å². The van der Waals surface area contributed by atoms with E-state index in [2.05, 4.69) is 10.1 Å². The number of ether oxygens (including phenoxy) is 2. The van der Waals surface area contributed by atoms with Gasteiger partial charge in [-0.05, 0) is 44.0 Å². The van der Waals surface area contributed by atoms with E-state index in [9.17, 15) is 18.0 Å². The molecule has 0 bridgehead atoms. The van der Waals surface area contributed by atoms with Crippen LogP contribution in [0, 0.1) is 0 Å². The van der Waals surface area contributed by atoms with E-state index >= 15 is 0 Å². The second-order valence-corrected chi connectivity index (χ2v) is 7.41. The predicted octanol–water partition coefficient (Wildman–Crippen LogP) is 0.528. The summed E-state index contributed by atoms with van der Waals surface area (Å²) < 4.78 is 36.6. The summed E-state index contributed by atoms with van der Waals surface area (Å²) in [6, 6.07) is 5.74. The van der Waals surface area contributed by atoms with Crippen molar-refractivity contribution in [2.24, 2.45) is 0 Å². The van der Waals surface area contributed by atoms with Crippen LogP contribution in [0.3, 0.4) is 0 Å². The Kier molecular flexibility index (Phi) is 6.38. The van der Waals surface area contributed by atoms with Gasteiger partial charge < -0.3 is 14.8 Å². The number of rotatable bonds is 6. The van der Waals surface area contributed by atoms with Crippen LogP contribution in [-0.2, 0) is 24.3 Å². The largest absolute Gasteiger partial charge is 0.497 e. The van der Waals surface area contributed by atoms with Crippen molar-refractivity contribution in [3.8, 4) is 5.75 Å². The van der Waals surface area contributed by atoms with Gasteiger partial charge in [0.05, 0.1) is 18.6 Å². The molecule has 1 fully saturated rings. The predicted molar refractivity (Wildman–Crippen MR) is 89.6 cm³/mol. The maximum absolute atomic E-state index is 12.8. The van der Waals surface area contributed by atoms with Crippen molar-refractivity contribution in [2.75, 3.05) is 26.8 Å². The number of sulfonamides is 1. The van der Waals surface area contributed by atoms with Crippen LogP contribution in [0.5, 0.6) is 5.75 Å². The second-order valence-electron chi connectivity index (χ2n) is 5.52. The molecule has 0 radical (unpaired) electrons. The van der Waals surface area contributed by atoms with Gasteiger partial charge >= 0.3 is 11.9 Å². The van der Waals surface area contributed by atoms with Gasteiger partial charge in [0.25, 0.3) is 0 Å². The van der Waals surface area contributed by atoms with Crippen molar-refractivity contribution >= 4 is 21.9 Å². The highest BCUT2D eigenvalue weighted by atomic mass is 32.2. The average Bonchev–Trinajstić information content (AvgIpc) is 3.09. The van der Waals surface area contributed by atoms with Crippen LogP contribution >= 0.6 is 0 Å². The molecule has 1 aliphatic heterocycles. The molecule has 8 nitrogen and oxygen atoms in total. The molecule has 1 heterocycles. The van der Waals surface area contributed by atoms with E-state index in [4.69, 9.17) is 4.74 Å². The normalized spacial score (nSPS) is 17.9. The lowest BCUT2D eigenvalue weighted by Crippen LogP contribution is -2.44. The van der Waals surface area contributed by atoms with Gasteiger partial charge in [-0.25, -0.2) is 13.2 Å². The Morgan fingerprint density at radius 3 is 2.56 bits per heavy atom. The lowest BCUT2D eigenvalue weighted by Gasteiger charge is -2.24. The maximum Gasteiger partial charge on any atom is 0.396 e. The number of benzene rings is 1. The van der Waals surface area contributed by atoms with Gasteiger partial charge in [0.1, 0.15) is 5.75 Å². The maximum atomic E-state index is 12.8. The van der Waals surface area contributed by atoms with Gasteiger partial charge in [-0.3, -0.25) is 4.79 Å². The van der Waals surface area contributed by atoms with E-state index < -0.39 is 27.9 Å².